The molecule has 1 heterocycles. The van der Waals surface area contributed by atoms with Crippen LogP contribution in [0, 0.1) is 5.82 Å². The molecule has 0 aliphatic carbocycles. The first-order chi connectivity index (χ1) is 9.94. The average molecular weight is 334 g/mol. The highest BCUT2D eigenvalue weighted by atomic mass is 32.2. The molecule has 0 aromatic heterocycles. The monoisotopic (exact) mass is 334 g/mol. The predicted octanol–water partition coefficient (Wildman–Crippen LogP) is 2.54. The van der Waals surface area contributed by atoms with Gasteiger partial charge in [-0.25, -0.2) is 21.6 Å². The number of alkyl halides is 2. The van der Waals surface area contributed by atoms with Gasteiger partial charge in [-0.1, -0.05) is 0 Å². The van der Waals surface area contributed by atoms with Crippen molar-refractivity contribution in [3.8, 4) is 0 Å². The molecule has 1 aliphatic rings. The topological polar surface area (TPSA) is 72.5 Å². The van der Waals surface area contributed by atoms with Crippen LogP contribution in [0.1, 0.15) is 26.3 Å². The average Bonchev–Trinajstić information content (AvgIpc) is 2.38. The second-order valence-corrected chi connectivity index (χ2v) is 8.47. The number of nitrogens with two attached hydrogens (primary N) is 1. The molecule has 0 fully saturated rings. The molecule has 4 nitrogen and oxygen atoms in total. The number of anilines is 1. The zero-order chi connectivity index (χ0) is 16.9. The molecule has 0 radical (unpaired) electrons. The molecule has 0 spiro atoms. The minimum atomic E-state index is -3.96. The van der Waals surface area contributed by atoms with E-state index in [4.69, 9.17) is 5.73 Å². The molecule has 0 amide bonds. The van der Waals surface area contributed by atoms with Crippen molar-refractivity contribution in [2.45, 2.75) is 37.5 Å². The number of sulfone groups is 1. The first kappa shape index (κ1) is 16.8. The van der Waals surface area contributed by atoms with E-state index in [0.29, 0.717) is 0 Å². The highest BCUT2D eigenvalue weighted by molar-refractivity contribution is 7.93. The van der Waals surface area contributed by atoms with E-state index >= 15 is 0 Å². The molecule has 8 heteroatoms. The Kier molecular flexibility index (Phi) is 3.80. The highest BCUT2D eigenvalue weighted by Gasteiger charge is 2.55. The summed E-state index contributed by atoms with van der Waals surface area (Å²) in [5.41, 5.74) is 2.64. The van der Waals surface area contributed by atoms with E-state index in [9.17, 15) is 21.6 Å². The van der Waals surface area contributed by atoms with E-state index in [-0.39, 0.29) is 11.4 Å². The minimum Gasteiger partial charge on any atom is -0.399 e. The van der Waals surface area contributed by atoms with Crippen LogP contribution in [-0.4, -0.2) is 31.1 Å². The summed E-state index contributed by atoms with van der Waals surface area (Å²) in [6, 6.07) is 3.17. The number of nitrogen functional groups attached to an aromatic ring is 1. The first-order valence-corrected chi connectivity index (χ1v) is 8.22. The van der Waals surface area contributed by atoms with Crippen LogP contribution in [0.5, 0.6) is 0 Å². The highest BCUT2D eigenvalue weighted by Crippen LogP contribution is 2.43. The fourth-order valence-electron chi connectivity index (χ4n) is 2.40. The number of hydrogen-bond acceptors (Lipinski definition) is 4. The van der Waals surface area contributed by atoms with Crippen LogP contribution in [0.15, 0.2) is 23.2 Å². The lowest BCUT2D eigenvalue weighted by molar-refractivity contribution is 0.0623. The summed E-state index contributed by atoms with van der Waals surface area (Å²) < 4.78 is 65.1. The molecule has 0 saturated carbocycles. The molecular weight excluding hydrogens is 317 g/mol. The smallest absolute Gasteiger partial charge is 0.268 e. The van der Waals surface area contributed by atoms with Crippen LogP contribution in [-0.2, 0) is 15.4 Å². The molecule has 1 atom stereocenters. The number of aliphatic imine (C=N–C) groups is 1. The largest absolute Gasteiger partial charge is 0.399 e. The normalized spacial score (nSPS) is 26.8. The van der Waals surface area contributed by atoms with Crippen molar-refractivity contribution in [2.75, 3.05) is 11.5 Å². The molecule has 122 valence electrons. The molecule has 1 aromatic carbocycles. The van der Waals surface area contributed by atoms with Gasteiger partial charge in [0.15, 0.2) is 15.4 Å². The number of halogens is 3. The molecule has 0 bridgehead atoms. The zero-order valence-corrected chi connectivity index (χ0v) is 13.2. The maximum absolute atomic E-state index is 14.1. The Bertz CT molecular complexity index is 744. The van der Waals surface area contributed by atoms with Crippen molar-refractivity contribution in [2.24, 2.45) is 4.99 Å². The fourth-order valence-corrected chi connectivity index (χ4v) is 4.19. The third-order valence-electron chi connectivity index (χ3n) is 4.24. The molecule has 2 N–H and O–H groups in total. The lowest BCUT2D eigenvalue weighted by Crippen LogP contribution is -2.54. The van der Waals surface area contributed by atoms with E-state index in [1.165, 1.54) is 26.8 Å². The van der Waals surface area contributed by atoms with Crippen molar-refractivity contribution < 1.29 is 21.6 Å². The van der Waals surface area contributed by atoms with Gasteiger partial charge in [-0.15, -0.1) is 0 Å². The fraction of sp³-hybridized carbons (Fsp3) is 0.500. The predicted molar refractivity (Wildman–Crippen MR) is 79.5 cm³/mol. The van der Waals surface area contributed by atoms with E-state index in [2.05, 4.69) is 4.99 Å². The van der Waals surface area contributed by atoms with E-state index in [1.54, 1.807) is 0 Å². The van der Waals surface area contributed by atoms with Crippen LogP contribution in [0.25, 0.3) is 0 Å². The van der Waals surface area contributed by atoms with Gasteiger partial charge in [0.2, 0.25) is 0 Å². The second kappa shape index (κ2) is 4.97. The maximum atomic E-state index is 14.1. The Labute approximate surface area is 127 Å². The number of benzene rings is 1. The summed E-state index contributed by atoms with van der Waals surface area (Å²) in [5.74, 6) is -1.93. The number of rotatable bonds is 2. The summed E-state index contributed by atoms with van der Waals surface area (Å²) >= 11 is 0. The quantitative estimate of drug-likeness (QED) is 0.845. The maximum Gasteiger partial charge on any atom is 0.268 e. The molecular formula is C14H17F3N2O2S. The molecule has 22 heavy (non-hydrogen) atoms. The SMILES string of the molecule is CC1=NC(c2cc(N)ccc2F)(C(F)F)CS(=O)(=O)C1(C)C. The van der Waals surface area contributed by atoms with Gasteiger partial charge >= 0.3 is 0 Å². The lowest BCUT2D eigenvalue weighted by atomic mass is 9.90. The van der Waals surface area contributed by atoms with Gasteiger partial charge in [-0.3, -0.25) is 4.99 Å². The Balaban J connectivity index is 2.82. The van der Waals surface area contributed by atoms with E-state index in [1.807, 2.05) is 0 Å². The Morgan fingerprint density at radius 1 is 1.32 bits per heavy atom. The standard InChI is InChI=1S/C14H17F3N2O2S/c1-8-13(2,3)22(20,21)7-14(19-8,12(16)17)10-6-9(18)4-5-11(10)15/h4-6,12H,7,18H2,1-3H3. The van der Waals surface area contributed by atoms with Gasteiger partial charge in [0.1, 0.15) is 10.6 Å². The third-order valence-corrected chi connectivity index (χ3v) is 6.91. The van der Waals surface area contributed by atoms with Crippen molar-refractivity contribution in [1.29, 1.82) is 0 Å². The van der Waals surface area contributed by atoms with Crippen molar-refractivity contribution in [3.05, 3.63) is 29.6 Å². The zero-order valence-electron chi connectivity index (χ0n) is 12.4. The first-order valence-electron chi connectivity index (χ1n) is 6.57. The van der Waals surface area contributed by atoms with Gasteiger partial charge in [0.25, 0.3) is 6.43 Å². The number of nitrogens with zero attached hydrogens (tertiary/aromatic N) is 1. The van der Waals surface area contributed by atoms with Crippen LogP contribution < -0.4 is 5.73 Å². The summed E-state index contributed by atoms with van der Waals surface area (Å²) in [4.78, 5) is 3.93. The van der Waals surface area contributed by atoms with Crippen LogP contribution >= 0.6 is 0 Å². The van der Waals surface area contributed by atoms with Gasteiger partial charge < -0.3 is 5.73 Å². The molecule has 1 unspecified atom stereocenters. The minimum absolute atomic E-state index is 0.0147. The molecule has 1 aliphatic heterocycles. The molecule has 1 aromatic rings. The van der Waals surface area contributed by atoms with Crippen molar-refractivity contribution in [3.63, 3.8) is 0 Å². The molecule has 2 rings (SSSR count). The van der Waals surface area contributed by atoms with Crippen LogP contribution in [0.2, 0.25) is 0 Å². The Morgan fingerprint density at radius 3 is 2.41 bits per heavy atom. The Morgan fingerprint density at radius 2 is 1.91 bits per heavy atom. The third kappa shape index (κ3) is 2.29. The van der Waals surface area contributed by atoms with Crippen LogP contribution in [0.3, 0.4) is 0 Å². The number of hydrogen-bond donors (Lipinski definition) is 1. The summed E-state index contributed by atoms with van der Waals surface area (Å²) in [6.07, 6.45) is -3.19. The van der Waals surface area contributed by atoms with Gasteiger partial charge in [0.05, 0.1) is 5.75 Å². The molecule has 0 saturated heterocycles. The summed E-state index contributed by atoms with van der Waals surface area (Å²) in [6.45, 7) is 4.15. The van der Waals surface area contributed by atoms with Gasteiger partial charge in [0, 0.05) is 17.0 Å². The van der Waals surface area contributed by atoms with Crippen molar-refractivity contribution >= 4 is 21.2 Å². The van der Waals surface area contributed by atoms with Crippen molar-refractivity contribution in [1.82, 2.24) is 0 Å². The van der Waals surface area contributed by atoms with Crippen LogP contribution in [0.4, 0.5) is 18.9 Å². The van der Waals surface area contributed by atoms with E-state index < -0.39 is 43.7 Å². The second-order valence-electron chi connectivity index (χ2n) is 5.93. The van der Waals surface area contributed by atoms with Gasteiger partial charge in [-0.05, 0) is 39.0 Å². The Hall–Kier alpha value is -1.57. The summed E-state index contributed by atoms with van der Waals surface area (Å²) in [5, 5.41) is 0. The lowest BCUT2D eigenvalue weighted by Gasteiger charge is -2.40. The van der Waals surface area contributed by atoms with E-state index in [0.717, 1.165) is 12.1 Å². The van der Waals surface area contributed by atoms with Gasteiger partial charge in [-0.2, -0.15) is 0 Å². The summed E-state index contributed by atoms with van der Waals surface area (Å²) in [7, 11) is -3.96.